The molecule has 5 nitrogen and oxygen atoms in total. The zero-order valence-electron chi connectivity index (χ0n) is 12.9. The molecule has 0 bridgehead atoms. The quantitative estimate of drug-likeness (QED) is 0.643. The minimum atomic E-state index is -5.28. The van der Waals surface area contributed by atoms with Crippen LogP contribution in [0.4, 0.5) is 22.0 Å². The number of carboxylic acid groups (broad SMARTS) is 1. The predicted octanol–water partition coefficient (Wildman–Crippen LogP) is 3.72. The highest BCUT2D eigenvalue weighted by molar-refractivity contribution is 5.99. The van der Waals surface area contributed by atoms with Gasteiger partial charge in [-0.3, -0.25) is 0 Å². The lowest BCUT2D eigenvalue weighted by Crippen LogP contribution is -2.24. The number of ether oxygens (including phenoxy) is 1. The SMILES string of the molecule is COC(=O)c1c(C(F)F)nc(C(F)(F)F)c(C(=O)O)c1CC(C)C. The van der Waals surface area contributed by atoms with Crippen molar-refractivity contribution in [2.24, 2.45) is 5.92 Å². The van der Waals surface area contributed by atoms with Crippen LogP contribution < -0.4 is 0 Å². The van der Waals surface area contributed by atoms with Gasteiger partial charge in [0, 0.05) is 0 Å². The Hall–Kier alpha value is -2.26. The number of aromatic carboxylic acids is 1. The summed E-state index contributed by atoms with van der Waals surface area (Å²) in [5.74, 6) is -3.80. The van der Waals surface area contributed by atoms with E-state index in [-0.39, 0.29) is 6.42 Å². The fraction of sp³-hybridized carbons (Fsp3) is 0.500. The molecule has 1 heterocycles. The number of hydrogen-bond donors (Lipinski definition) is 1. The van der Waals surface area contributed by atoms with Crippen molar-refractivity contribution in [1.82, 2.24) is 4.98 Å². The molecule has 0 amide bonds. The molecule has 0 spiro atoms. The first-order valence-corrected chi connectivity index (χ1v) is 6.65. The number of esters is 1. The average Bonchev–Trinajstić information content (AvgIpc) is 2.43. The number of nitrogens with zero attached hydrogens (tertiary/aromatic N) is 1. The summed E-state index contributed by atoms with van der Waals surface area (Å²) < 4.78 is 69.9. The lowest BCUT2D eigenvalue weighted by molar-refractivity contribution is -0.142. The Morgan fingerprint density at radius 2 is 1.75 bits per heavy atom. The number of carboxylic acids is 1. The van der Waals surface area contributed by atoms with Crippen LogP contribution in [0, 0.1) is 5.92 Å². The molecule has 0 atom stereocenters. The first-order chi connectivity index (χ1) is 10.9. The van der Waals surface area contributed by atoms with E-state index in [1.165, 1.54) is 13.8 Å². The number of methoxy groups -OCH3 is 1. The number of alkyl halides is 5. The number of hydrogen-bond acceptors (Lipinski definition) is 4. The number of carbonyl (C=O) groups excluding carboxylic acids is 1. The summed E-state index contributed by atoms with van der Waals surface area (Å²) >= 11 is 0. The minimum Gasteiger partial charge on any atom is -0.478 e. The van der Waals surface area contributed by atoms with Crippen molar-refractivity contribution in [3.05, 3.63) is 28.1 Å². The van der Waals surface area contributed by atoms with Gasteiger partial charge in [-0.15, -0.1) is 0 Å². The number of aromatic nitrogens is 1. The van der Waals surface area contributed by atoms with Crippen LogP contribution in [0.2, 0.25) is 0 Å². The van der Waals surface area contributed by atoms with Crippen molar-refractivity contribution in [3.63, 3.8) is 0 Å². The molecule has 1 aromatic rings. The summed E-state index contributed by atoms with van der Waals surface area (Å²) in [5, 5.41) is 9.15. The molecule has 0 saturated heterocycles. The van der Waals surface area contributed by atoms with E-state index in [2.05, 4.69) is 9.72 Å². The van der Waals surface area contributed by atoms with Gasteiger partial charge in [0.05, 0.1) is 18.2 Å². The zero-order valence-corrected chi connectivity index (χ0v) is 12.9. The van der Waals surface area contributed by atoms with Crippen molar-refractivity contribution in [2.45, 2.75) is 32.9 Å². The van der Waals surface area contributed by atoms with E-state index in [1.807, 2.05) is 0 Å². The van der Waals surface area contributed by atoms with Gasteiger partial charge >= 0.3 is 18.1 Å². The third-order valence-corrected chi connectivity index (χ3v) is 3.02. The van der Waals surface area contributed by atoms with Crippen molar-refractivity contribution < 1.29 is 41.4 Å². The van der Waals surface area contributed by atoms with Crippen LogP contribution in [0.15, 0.2) is 0 Å². The second-order valence-corrected chi connectivity index (χ2v) is 5.27. The fourth-order valence-electron chi connectivity index (χ4n) is 2.19. The third-order valence-electron chi connectivity index (χ3n) is 3.02. The van der Waals surface area contributed by atoms with Gasteiger partial charge in [-0.05, 0) is 17.9 Å². The summed E-state index contributed by atoms with van der Waals surface area (Å²) in [5.41, 5.74) is -6.34. The Bertz CT molecular complexity index is 656. The molecule has 0 saturated carbocycles. The van der Waals surface area contributed by atoms with Crippen LogP contribution in [0.3, 0.4) is 0 Å². The van der Waals surface area contributed by atoms with Crippen molar-refractivity contribution in [3.8, 4) is 0 Å². The first kappa shape index (κ1) is 19.8. The highest BCUT2D eigenvalue weighted by atomic mass is 19.4. The Morgan fingerprint density at radius 3 is 2.08 bits per heavy atom. The Balaban J connectivity index is 4.02. The van der Waals surface area contributed by atoms with Crippen LogP contribution in [0.25, 0.3) is 0 Å². The maximum Gasteiger partial charge on any atom is 0.434 e. The highest BCUT2D eigenvalue weighted by Crippen LogP contribution is 2.37. The molecule has 0 radical (unpaired) electrons. The van der Waals surface area contributed by atoms with E-state index in [4.69, 9.17) is 5.11 Å². The molecule has 10 heteroatoms. The standard InChI is InChI=1S/C14H14F5NO4/c1-5(2)4-6-7(13(23)24-3)9(11(15)16)20-10(14(17,18)19)8(6)12(21)22/h5,11H,4H2,1-3H3,(H,21,22). The van der Waals surface area contributed by atoms with Gasteiger partial charge < -0.3 is 9.84 Å². The van der Waals surface area contributed by atoms with Crippen LogP contribution in [-0.4, -0.2) is 29.1 Å². The second-order valence-electron chi connectivity index (χ2n) is 5.27. The second kappa shape index (κ2) is 7.10. The van der Waals surface area contributed by atoms with Crippen molar-refractivity contribution in [1.29, 1.82) is 0 Å². The summed E-state index contributed by atoms with van der Waals surface area (Å²) in [6.45, 7) is 3.06. The molecule has 0 unspecified atom stereocenters. The molecule has 0 aliphatic heterocycles. The van der Waals surface area contributed by atoms with Crippen LogP contribution in [-0.2, 0) is 17.3 Å². The lowest BCUT2D eigenvalue weighted by atomic mass is 9.91. The summed E-state index contributed by atoms with van der Waals surface area (Å²) in [7, 11) is 0.842. The summed E-state index contributed by atoms with van der Waals surface area (Å²) in [6.07, 6.45) is -9.15. The van der Waals surface area contributed by atoms with Crippen LogP contribution in [0.1, 0.15) is 57.9 Å². The van der Waals surface area contributed by atoms with Gasteiger partial charge in [0.1, 0.15) is 5.69 Å². The molecule has 1 rings (SSSR count). The fourth-order valence-corrected chi connectivity index (χ4v) is 2.19. The lowest BCUT2D eigenvalue weighted by Gasteiger charge is -2.20. The van der Waals surface area contributed by atoms with E-state index >= 15 is 0 Å². The minimum absolute atomic E-state index is 0.350. The van der Waals surface area contributed by atoms with E-state index in [0.717, 1.165) is 7.11 Å². The molecule has 0 fully saturated rings. The Morgan fingerprint density at radius 1 is 1.21 bits per heavy atom. The zero-order chi connectivity index (χ0) is 18.8. The van der Waals surface area contributed by atoms with Crippen LogP contribution >= 0.6 is 0 Å². The molecular weight excluding hydrogens is 341 g/mol. The Kier molecular flexibility index (Phi) is 5.85. The first-order valence-electron chi connectivity index (χ1n) is 6.65. The molecule has 0 aliphatic rings. The number of pyridine rings is 1. The van der Waals surface area contributed by atoms with Gasteiger partial charge in [-0.25, -0.2) is 23.4 Å². The van der Waals surface area contributed by atoms with Crippen molar-refractivity contribution in [2.75, 3.05) is 7.11 Å². The van der Waals surface area contributed by atoms with E-state index in [9.17, 15) is 31.5 Å². The third kappa shape index (κ3) is 3.98. The van der Waals surface area contributed by atoms with E-state index < -0.39 is 58.5 Å². The van der Waals surface area contributed by atoms with Gasteiger partial charge in [0.25, 0.3) is 6.43 Å². The number of rotatable bonds is 5. The summed E-state index contributed by atoms with van der Waals surface area (Å²) in [6, 6.07) is 0. The number of carbonyl (C=O) groups is 2. The smallest absolute Gasteiger partial charge is 0.434 e. The van der Waals surface area contributed by atoms with E-state index in [1.54, 1.807) is 0 Å². The maximum atomic E-state index is 13.2. The van der Waals surface area contributed by atoms with E-state index in [0.29, 0.717) is 0 Å². The maximum absolute atomic E-state index is 13.2. The Labute approximate surface area is 133 Å². The predicted molar refractivity (Wildman–Crippen MR) is 71.0 cm³/mol. The molecule has 1 N–H and O–H groups in total. The largest absolute Gasteiger partial charge is 0.478 e. The van der Waals surface area contributed by atoms with Crippen LogP contribution in [0.5, 0.6) is 0 Å². The molecule has 0 aromatic carbocycles. The molecule has 1 aromatic heterocycles. The summed E-state index contributed by atoms with van der Waals surface area (Å²) in [4.78, 5) is 25.9. The monoisotopic (exact) mass is 355 g/mol. The number of halogens is 5. The molecule has 134 valence electrons. The van der Waals surface area contributed by atoms with Gasteiger partial charge in [-0.1, -0.05) is 13.8 Å². The molecular formula is C14H14F5NO4. The van der Waals surface area contributed by atoms with Gasteiger partial charge in [0.15, 0.2) is 5.69 Å². The average molecular weight is 355 g/mol. The topological polar surface area (TPSA) is 76.5 Å². The normalized spacial score (nSPS) is 11.9. The van der Waals surface area contributed by atoms with Crippen molar-refractivity contribution >= 4 is 11.9 Å². The van der Waals surface area contributed by atoms with Gasteiger partial charge in [-0.2, -0.15) is 13.2 Å². The van der Waals surface area contributed by atoms with Gasteiger partial charge in [0.2, 0.25) is 0 Å². The highest BCUT2D eigenvalue weighted by Gasteiger charge is 2.42. The molecule has 0 aliphatic carbocycles. The molecule has 24 heavy (non-hydrogen) atoms.